The number of carbonyl (C=O) groups excluding carboxylic acids is 1. The van der Waals surface area contributed by atoms with Gasteiger partial charge in [0.05, 0.1) is 40.0 Å². The number of carbonyl (C=O) groups is 1. The lowest BCUT2D eigenvalue weighted by Gasteiger charge is -2.26. The predicted octanol–water partition coefficient (Wildman–Crippen LogP) is 5.19. The SMILES string of the molecule is CC(C)C[C@H](NC(=O)OC(C)(C)C)c1nc2cccc(Cl)c2c(=O)n1-c1cncc(F)c1. The highest BCUT2D eigenvalue weighted by molar-refractivity contribution is 6.35. The van der Waals surface area contributed by atoms with Crippen molar-refractivity contribution in [2.24, 2.45) is 5.92 Å². The molecule has 9 heteroatoms. The normalized spacial score (nSPS) is 12.8. The highest BCUT2D eigenvalue weighted by Crippen LogP contribution is 2.26. The summed E-state index contributed by atoms with van der Waals surface area (Å²) in [4.78, 5) is 34.6. The molecular formula is C23H26ClFN4O3. The average Bonchev–Trinajstić information content (AvgIpc) is 2.65. The lowest BCUT2D eigenvalue weighted by Crippen LogP contribution is -2.38. The van der Waals surface area contributed by atoms with Crippen LogP contribution in [0.3, 0.4) is 0 Å². The molecule has 2 aromatic heterocycles. The molecule has 0 bridgehead atoms. The van der Waals surface area contributed by atoms with Crippen LogP contribution in [0, 0.1) is 11.7 Å². The van der Waals surface area contributed by atoms with Crippen LogP contribution in [0.25, 0.3) is 16.6 Å². The first kappa shape index (κ1) is 23.7. The standard InChI is InChI=1S/C23H26ClFN4O3/c1-13(2)9-18(28-22(31)32-23(3,4)5)20-27-17-8-6-7-16(24)19(17)21(30)29(20)15-10-14(25)11-26-12-15/h6-8,10-13,18H,9H2,1-5H3,(H,28,31)/t18-/m0/s1. The lowest BCUT2D eigenvalue weighted by molar-refractivity contribution is 0.0494. The van der Waals surface area contributed by atoms with Gasteiger partial charge in [0.25, 0.3) is 5.56 Å². The van der Waals surface area contributed by atoms with E-state index in [4.69, 9.17) is 16.3 Å². The molecule has 0 unspecified atom stereocenters. The number of fused-ring (bicyclic) bond motifs is 1. The van der Waals surface area contributed by atoms with Gasteiger partial charge in [-0.1, -0.05) is 31.5 Å². The van der Waals surface area contributed by atoms with Gasteiger partial charge < -0.3 is 10.1 Å². The molecule has 1 amide bonds. The maximum atomic E-state index is 14.0. The van der Waals surface area contributed by atoms with Crippen LogP contribution in [-0.2, 0) is 4.74 Å². The number of benzene rings is 1. The zero-order valence-electron chi connectivity index (χ0n) is 18.6. The number of aromatic nitrogens is 3. The Hall–Kier alpha value is -3.00. The van der Waals surface area contributed by atoms with Crippen molar-refractivity contribution in [3.63, 3.8) is 0 Å². The first-order valence-electron chi connectivity index (χ1n) is 10.3. The highest BCUT2D eigenvalue weighted by atomic mass is 35.5. The molecule has 0 radical (unpaired) electrons. The Morgan fingerprint density at radius 2 is 2.00 bits per heavy atom. The number of alkyl carbamates (subject to hydrolysis) is 1. The number of amides is 1. The third kappa shape index (κ3) is 5.43. The number of pyridine rings is 1. The van der Waals surface area contributed by atoms with Crippen LogP contribution in [0.15, 0.2) is 41.5 Å². The van der Waals surface area contributed by atoms with E-state index in [0.717, 1.165) is 6.20 Å². The van der Waals surface area contributed by atoms with Crippen LogP contribution in [0.4, 0.5) is 9.18 Å². The van der Waals surface area contributed by atoms with Crippen molar-refractivity contribution in [3.05, 3.63) is 63.7 Å². The first-order valence-corrected chi connectivity index (χ1v) is 10.7. The van der Waals surface area contributed by atoms with Crippen molar-refractivity contribution in [1.82, 2.24) is 19.9 Å². The summed E-state index contributed by atoms with van der Waals surface area (Å²) < 4.78 is 20.7. The van der Waals surface area contributed by atoms with E-state index in [0.29, 0.717) is 11.9 Å². The van der Waals surface area contributed by atoms with Crippen molar-refractivity contribution < 1.29 is 13.9 Å². The van der Waals surface area contributed by atoms with Gasteiger partial charge in [-0.25, -0.2) is 14.2 Å². The van der Waals surface area contributed by atoms with Gasteiger partial charge in [-0.2, -0.15) is 0 Å². The molecule has 0 spiro atoms. The Balaban J connectivity index is 2.26. The topological polar surface area (TPSA) is 86.1 Å². The molecule has 1 N–H and O–H groups in total. The van der Waals surface area contributed by atoms with Crippen LogP contribution < -0.4 is 10.9 Å². The molecule has 7 nitrogen and oxygen atoms in total. The van der Waals surface area contributed by atoms with E-state index in [2.05, 4.69) is 15.3 Å². The summed E-state index contributed by atoms with van der Waals surface area (Å²) in [5.41, 5.74) is -0.636. The Morgan fingerprint density at radius 1 is 1.28 bits per heavy atom. The maximum absolute atomic E-state index is 14.0. The number of nitrogens with one attached hydrogen (secondary N) is 1. The van der Waals surface area contributed by atoms with Crippen molar-refractivity contribution in [1.29, 1.82) is 0 Å². The minimum atomic E-state index is -0.705. The third-order valence-electron chi connectivity index (χ3n) is 4.53. The van der Waals surface area contributed by atoms with E-state index >= 15 is 0 Å². The van der Waals surface area contributed by atoms with Crippen LogP contribution in [0.1, 0.15) is 52.9 Å². The summed E-state index contributed by atoms with van der Waals surface area (Å²) in [6.45, 7) is 9.24. The van der Waals surface area contributed by atoms with Crippen LogP contribution in [0.2, 0.25) is 5.02 Å². The molecule has 3 rings (SSSR count). The second-order valence-corrected chi connectivity index (χ2v) is 9.34. The Morgan fingerprint density at radius 3 is 2.62 bits per heavy atom. The minimum absolute atomic E-state index is 0.140. The molecular weight excluding hydrogens is 435 g/mol. The van der Waals surface area contributed by atoms with Crippen LogP contribution >= 0.6 is 11.6 Å². The summed E-state index contributed by atoms with van der Waals surface area (Å²) in [5.74, 6) is -0.238. The van der Waals surface area contributed by atoms with Crippen molar-refractivity contribution in [2.45, 2.75) is 52.7 Å². The highest BCUT2D eigenvalue weighted by Gasteiger charge is 2.27. The molecule has 0 aliphatic rings. The number of hydrogen-bond donors (Lipinski definition) is 1. The molecule has 2 heterocycles. The van der Waals surface area contributed by atoms with Gasteiger partial charge in [0.1, 0.15) is 17.2 Å². The molecule has 0 aliphatic carbocycles. The van der Waals surface area contributed by atoms with E-state index < -0.39 is 29.1 Å². The monoisotopic (exact) mass is 460 g/mol. The van der Waals surface area contributed by atoms with Gasteiger partial charge >= 0.3 is 6.09 Å². The minimum Gasteiger partial charge on any atom is -0.444 e. The third-order valence-corrected chi connectivity index (χ3v) is 4.85. The van der Waals surface area contributed by atoms with E-state index in [9.17, 15) is 14.0 Å². The first-order chi connectivity index (χ1) is 15.0. The molecule has 0 aliphatic heterocycles. The van der Waals surface area contributed by atoms with Crippen molar-refractivity contribution in [2.75, 3.05) is 0 Å². The van der Waals surface area contributed by atoms with Gasteiger partial charge in [0.2, 0.25) is 0 Å². The molecule has 170 valence electrons. The molecule has 1 atom stereocenters. The second kappa shape index (κ2) is 9.24. The van der Waals surface area contributed by atoms with Crippen molar-refractivity contribution >= 4 is 28.6 Å². The summed E-state index contributed by atoms with van der Waals surface area (Å²) in [6, 6.07) is 5.44. The van der Waals surface area contributed by atoms with Gasteiger partial charge in [-0.15, -0.1) is 0 Å². The number of hydrogen-bond acceptors (Lipinski definition) is 5. The van der Waals surface area contributed by atoms with Crippen molar-refractivity contribution in [3.8, 4) is 5.69 Å². The fourth-order valence-electron chi connectivity index (χ4n) is 3.36. The quantitative estimate of drug-likeness (QED) is 0.566. The van der Waals surface area contributed by atoms with E-state index in [1.807, 2.05) is 13.8 Å². The second-order valence-electron chi connectivity index (χ2n) is 8.93. The average molecular weight is 461 g/mol. The van der Waals surface area contributed by atoms with Gasteiger partial charge in [-0.05, 0) is 45.2 Å². The zero-order valence-corrected chi connectivity index (χ0v) is 19.4. The molecule has 0 saturated carbocycles. The fraction of sp³-hybridized carbons (Fsp3) is 0.391. The molecule has 3 aromatic rings. The molecule has 1 aromatic carbocycles. The lowest BCUT2D eigenvalue weighted by atomic mass is 10.0. The van der Waals surface area contributed by atoms with Crippen LogP contribution in [0.5, 0.6) is 0 Å². The van der Waals surface area contributed by atoms with E-state index in [1.54, 1.807) is 39.0 Å². The van der Waals surface area contributed by atoms with E-state index in [-0.39, 0.29) is 27.8 Å². The maximum Gasteiger partial charge on any atom is 0.408 e. The number of ether oxygens (including phenoxy) is 1. The number of halogens is 2. The van der Waals surface area contributed by atoms with Crippen LogP contribution in [-0.4, -0.2) is 26.2 Å². The molecule has 0 saturated heterocycles. The Labute approximate surface area is 190 Å². The van der Waals surface area contributed by atoms with Gasteiger partial charge in [0.15, 0.2) is 0 Å². The summed E-state index contributed by atoms with van der Waals surface area (Å²) in [5, 5.41) is 3.25. The Kier molecular flexibility index (Phi) is 6.83. The number of nitrogens with zero attached hydrogens (tertiary/aromatic N) is 3. The summed E-state index contributed by atoms with van der Waals surface area (Å²) in [7, 11) is 0. The van der Waals surface area contributed by atoms with Gasteiger partial charge in [0, 0.05) is 6.07 Å². The summed E-state index contributed by atoms with van der Waals surface area (Å²) >= 11 is 6.29. The predicted molar refractivity (Wildman–Crippen MR) is 122 cm³/mol. The van der Waals surface area contributed by atoms with E-state index in [1.165, 1.54) is 16.8 Å². The molecule has 32 heavy (non-hydrogen) atoms. The van der Waals surface area contributed by atoms with Gasteiger partial charge in [-0.3, -0.25) is 14.3 Å². The summed E-state index contributed by atoms with van der Waals surface area (Å²) in [6.07, 6.45) is 2.21. The molecule has 0 fully saturated rings. The zero-order chi connectivity index (χ0) is 23.6. The Bertz CT molecular complexity index is 1200. The number of rotatable bonds is 5. The largest absolute Gasteiger partial charge is 0.444 e. The smallest absolute Gasteiger partial charge is 0.408 e. The fourth-order valence-corrected chi connectivity index (χ4v) is 3.61.